The van der Waals surface area contributed by atoms with Gasteiger partial charge >= 0.3 is 0 Å². The van der Waals surface area contributed by atoms with E-state index in [0.29, 0.717) is 42.8 Å². The molecular weight excluding hydrogens is 686 g/mol. The van der Waals surface area contributed by atoms with Gasteiger partial charge in [0.05, 0.1) is 12.7 Å². The molecule has 3 aromatic rings. The summed E-state index contributed by atoms with van der Waals surface area (Å²) in [5.74, 6) is 11.7. The fraction of sp³-hybridized carbons (Fsp3) is 0.487. The number of ether oxygens (including phenoxy) is 2. The van der Waals surface area contributed by atoms with Crippen molar-refractivity contribution in [2.45, 2.75) is 85.7 Å². The fourth-order valence-corrected chi connectivity index (χ4v) is 7.94. The van der Waals surface area contributed by atoms with Crippen molar-refractivity contribution < 1.29 is 55.1 Å². The Hall–Kier alpha value is -4.16. The minimum Gasteiger partial charge on any atom is -0.396 e. The summed E-state index contributed by atoms with van der Waals surface area (Å²) in [7, 11) is 1.76. The van der Waals surface area contributed by atoms with E-state index in [1.54, 1.807) is 28.9 Å². The van der Waals surface area contributed by atoms with Crippen LogP contribution in [0.3, 0.4) is 0 Å². The Balaban J connectivity index is 1.22. The van der Waals surface area contributed by atoms with E-state index in [9.17, 15) is 45.6 Å². The highest BCUT2D eigenvalue weighted by atomic mass is 16.5. The molecule has 1 spiro atoms. The van der Waals surface area contributed by atoms with E-state index >= 15 is 0 Å². The molecule has 4 aliphatic rings. The first-order chi connectivity index (χ1) is 25.4. The summed E-state index contributed by atoms with van der Waals surface area (Å²) in [6, 6.07) is 13.3. The Morgan fingerprint density at radius 2 is 1.30 bits per heavy atom. The second-order valence-corrected chi connectivity index (χ2v) is 14.1. The molecule has 1 aromatic heterocycles. The summed E-state index contributed by atoms with van der Waals surface area (Å²) in [5.41, 5.74) is 5.03. The molecule has 8 N–H and O–H groups in total. The van der Waals surface area contributed by atoms with Crippen molar-refractivity contribution in [2.75, 3.05) is 26.3 Å². The molecule has 3 aliphatic heterocycles. The van der Waals surface area contributed by atoms with E-state index in [4.69, 9.17) is 9.47 Å². The molecule has 1 amide bonds. The van der Waals surface area contributed by atoms with Crippen molar-refractivity contribution in [2.24, 2.45) is 7.05 Å². The fourth-order valence-electron chi connectivity index (χ4n) is 7.94. The molecule has 2 aromatic carbocycles. The van der Waals surface area contributed by atoms with E-state index in [0.717, 1.165) is 22.3 Å². The molecule has 14 heteroatoms. The van der Waals surface area contributed by atoms with Crippen LogP contribution in [0.4, 0.5) is 0 Å². The van der Waals surface area contributed by atoms with Crippen molar-refractivity contribution in [3.8, 4) is 34.8 Å². The highest BCUT2D eigenvalue weighted by Gasteiger charge is 2.47. The minimum absolute atomic E-state index is 0.0670. The third-order valence-electron chi connectivity index (χ3n) is 10.9. The second kappa shape index (κ2) is 14.9. The molecule has 3 saturated heterocycles. The van der Waals surface area contributed by atoms with Gasteiger partial charge in [-0.05, 0) is 71.8 Å². The number of aliphatic hydroxyl groups excluding tert-OH is 8. The number of amides is 1. The number of carbonyl (C=O) groups excluding carboxylic acids is 1. The van der Waals surface area contributed by atoms with E-state index < -0.39 is 73.1 Å². The Morgan fingerprint density at radius 3 is 1.79 bits per heavy atom. The molecule has 280 valence electrons. The maximum atomic E-state index is 13.4. The van der Waals surface area contributed by atoms with Crippen LogP contribution in [-0.4, -0.2) is 149 Å². The molecule has 10 atom stereocenters. The van der Waals surface area contributed by atoms with Gasteiger partial charge in [-0.2, -0.15) is 5.10 Å². The topological polar surface area (TPSA) is 218 Å². The predicted octanol–water partition coefficient (Wildman–Crippen LogP) is -1.60. The molecule has 0 saturated carbocycles. The summed E-state index contributed by atoms with van der Waals surface area (Å²) in [4.78, 5) is 15.2. The number of carbonyl (C=O) groups is 1. The van der Waals surface area contributed by atoms with E-state index in [1.165, 1.54) is 0 Å². The van der Waals surface area contributed by atoms with Crippen LogP contribution in [0.25, 0.3) is 11.1 Å². The van der Waals surface area contributed by atoms with Crippen LogP contribution in [0.2, 0.25) is 0 Å². The van der Waals surface area contributed by atoms with Gasteiger partial charge in [-0.1, -0.05) is 35.8 Å². The van der Waals surface area contributed by atoms with Crippen LogP contribution in [0.5, 0.6) is 0 Å². The number of benzene rings is 2. The SMILES string of the molecule is Cn1ccc(C(=O)N2CCC3(CC2)c2cc(C#C[C@H]4O[C@H](CO)[C@@H](O)[C@H](O)[C@@H]4O)ccc2-c2ccc(C#C[C@H]4O[C@H](CCO)[C@@H](O)[C@H](O)[C@@H]4O)cc23)n1. The summed E-state index contributed by atoms with van der Waals surface area (Å²) < 4.78 is 12.9. The summed E-state index contributed by atoms with van der Waals surface area (Å²) >= 11 is 0. The second-order valence-electron chi connectivity index (χ2n) is 14.1. The monoisotopic (exact) mass is 729 g/mol. The number of nitrogens with zero attached hydrogens (tertiary/aromatic N) is 3. The van der Waals surface area contributed by atoms with E-state index in [1.807, 2.05) is 36.4 Å². The van der Waals surface area contributed by atoms with Gasteiger partial charge in [-0.25, -0.2) is 0 Å². The summed E-state index contributed by atoms with van der Waals surface area (Å²) in [6.45, 7) is 0.0572. The van der Waals surface area contributed by atoms with E-state index in [-0.39, 0.29) is 18.9 Å². The van der Waals surface area contributed by atoms with Crippen LogP contribution < -0.4 is 0 Å². The Labute approximate surface area is 305 Å². The number of aromatic nitrogens is 2. The lowest BCUT2D eigenvalue weighted by molar-refractivity contribution is -0.214. The zero-order valence-electron chi connectivity index (χ0n) is 29.0. The standard InChI is InChI=1S/C39H43N3O11/c1-41-14-10-27(40-41)38(51)42-15-12-39(13-16-42)25-18-21(4-8-28-32(45)36(49)34(47)30(52-28)11-17-43)2-6-23(25)24-7-3-22(19-26(24)39)5-9-29-33(46)37(50)35(48)31(20-44)53-29/h2-3,6-7,10,14,18-19,28-37,43-50H,11-13,15-17,20H2,1H3/t28-,29-,30-,31-,32-,33-,34-,35-,36-,37-/m1/s1. The largest absolute Gasteiger partial charge is 0.396 e. The lowest BCUT2D eigenvalue weighted by atomic mass is 9.70. The van der Waals surface area contributed by atoms with Crippen LogP contribution >= 0.6 is 0 Å². The lowest BCUT2D eigenvalue weighted by Gasteiger charge is -2.41. The minimum atomic E-state index is -1.54. The smallest absolute Gasteiger partial charge is 0.274 e. The Bertz CT molecular complexity index is 1970. The quantitative estimate of drug-likeness (QED) is 0.143. The molecular formula is C39H43N3O11. The Kier molecular flexibility index (Phi) is 10.5. The van der Waals surface area contributed by atoms with E-state index in [2.05, 4.69) is 28.8 Å². The number of likely N-dealkylation sites (tertiary alicyclic amines) is 1. The number of piperidine rings is 1. The Morgan fingerprint density at radius 1 is 0.774 bits per heavy atom. The first-order valence-corrected chi connectivity index (χ1v) is 17.7. The maximum Gasteiger partial charge on any atom is 0.274 e. The average Bonchev–Trinajstić information content (AvgIpc) is 3.72. The van der Waals surface area contributed by atoms with Gasteiger partial charge in [-0.15, -0.1) is 0 Å². The third kappa shape index (κ3) is 6.77. The van der Waals surface area contributed by atoms with Crippen molar-refractivity contribution in [1.82, 2.24) is 14.7 Å². The third-order valence-corrected chi connectivity index (χ3v) is 10.9. The van der Waals surface area contributed by atoms with Crippen molar-refractivity contribution in [3.05, 3.63) is 76.6 Å². The van der Waals surface area contributed by atoms with Crippen LogP contribution in [0.15, 0.2) is 48.7 Å². The van der Waals surface area contributed by atoms with Gasteiger partial charge in [0.25, 0.3) is 5.91 Å². The number of hydrogen-bond acceptors (Lipinski definition) is 12. The molecule has 7 rings (SSSR count). The number of aliphatic hydroxyl groups is 8. The normalized spacial score (nSPS) is 31.5. The summed E-state index contributed by atoms with van der Waals surface area (Å²) in [6.07, 6.45) is -10.1. The van der Waals surface area contributed by atoms with Crippen molar-refractivity contribution >= 4 is 5.91 Å². The molecule has 4 heterocycles. The number of rotatable bonds is 4. The highest BCUT2D eigenvalue weighted by molar-refractivity contribution is 5.92. The van der Waals surface area contributed by atoms with Crippen LogP contribution in [0.1, 0.15) is 52.0 Å². The number of hydrogen-bond donors (Lipinski definition) is 8. The van der Waals surface area contributed by atoms with Gasteiger partial charge in [-0.3, -0.25) is 9.48 Å². The van der Waals surface area contributed by atoms with Gasteiger partial charge in [0.2, 0.25) is 0 Å². The highest BCUT2D eigenvalue weighted by Crippen LogP contribution is 2.54. The zero-order chi connectivity index (χ0) is 37.6. The lowest BCUT2D eigenvalue weighted by Crippen LogP contribution is -2.58. The maximum absolute atomic E-state index is 13.4. The summed E-state index contributed by atoms with van der Waals surface area (Å²) in [5, 5.41) is 85.5. The van der Waals surface area contributed by atoms with Gasteiger partial charge in [0.1, 0.15) is 60.6 Å². The first-order valence-electron chi connectivity index (χ1n) is 17.7. The number of fused-ring (bicyclic) bond motifs is 5. The first kappa shape index (κ1) is 37.2. The van der Waals surface area contributed by atoms with Gasteiger partial charge in [0.15, 0.2) is 0 Å². The predicted molar refractivity (Wildman–Crippen MR) is 187 cm³/mol. The van der Waals surface area contributed by atoms with Gasteiger partial charge < -0.3 is 55.2 Å². The van der Waals surface area contributed by atoms with Crippen molar-refractivity contribution in [1.29, 1.82) is 0 Å². The molecule has 3 fully saturated rings. The number of aryl methyl sites for hydroxylation is 1. The molecule has 0 unspecified atom stereocenters. The van der Waals surface area contributed by atoms with Gasteiger partial charge in [0, 0.05) is 49.5 Å². The van der Waals surface area contributed by atoms with Crippen LogP contribution in [0, 0.1) is 23.7 Å². The van der Waals surface area contributed by atoms with Crippen LogP contribution in [-0.2, 0) is 21.9 Å². The molecule has 0 radical (unpaired) electrons. The molecule has 53 heavy (non-hydrogen) atoms. The average molecular weight is 730 g/mol. The van der Waals surface area contributed by atoms with Crippen molar-refractivity contribution in [3.63, 3.8) is 0 Å². The molecule has 1 aliphatic carbocycles. The molecule has 0 bridgehead atoms. The zero-order valence-corrected chi connectivity index (χ0v) is 29.0. The molecule has 14 nitrogen and oxygen atoms in total.